The molecule has 1 aromatic heterocycles. The highest BCUT2D eigenvalue weighted by atomic mass is 19.4. The summed E-state index contributed by atoms with van der Waals surface area (Å²) in [6.07, 6.45) is -2.53. The Morgan fingerprint density at radius 2 is 2.14 bits per heavy atom. The normalized spacial score (nSPS) is 22.0. The maximum absolute atomic E-state index is 12.9. The molecule has 0 aliphatic carbocycles. The molecule has 2 rings (SSSR count). The molecule has 0 radical (unpaired) electrons. The zero-order valence-electron chi connectivity index (χ0n) is 12.0. The van der Waals surface area contributed by atoms with Crippen LogP contribution in [0.1, 0.15) is 11.3 Å². The van der Waals surface area contributed by atoms with Crippen molar-refractivity contribution in [1.82, 2.24) is 20.4 Å². The number of hydrogen-bond acceptors (Lipinski definition) is 5. The van der Waals surface area contributed by atoms with Crippen LogP contribution in [-0.2, 0) is 12.3 Å². The summed E-state index contributed by atoms with van der Waals surface area (Å²) >= 11 is 0. The molecule has 1 atom stereocenters. The van der Waals surface area contributed by atoms with Crippen molar-refractivity contribution in [3.05, 3.63) is 28.8 Å². The van der Waals surface area contributed by atoms with Crippen LogP contribution in [0.3, 0.4) is 0 Å². The van der Waals surface area contributed by atoms with Gasteiger partial charge in [-0.25, -0.2) is 9.38 Å². The van der Waals surface area contributed by atoms with Crippen LogP contribution in [0, 0.1) is 6.92 Å². The second-order valence-corrected chi connectivity index (χ2v) is 4.74. The molecule has 6 nitrogen and oxygen atoms in total. The highest BCUT2D eigenvalue weighted by Crippen LogP contribution is 2.31. The molecular formula is C12H16F4N6. The first-order chi connectivity index (χ1) is 10.2. The molecule has 0 spiro atoms. The van der Waals surface area contributed by atoms with Crippen LogP contribution in [-0.4, -0.2) is 35.9 Å². The molecule has 0 amide bonds. The van der Waals surface area contributed by atoms with E-state index >= 15 is 0 Å². The van der Waals surface area contributed by atoms with Crippen LogP contribution < -0.4 is 16.4 Å². The lowest BCUT2D eigenvalue weighted by molar-refractivity contribution is -0.0875. The minimum atomic E-state index is -4.57. The lowest BCUT2D eigenvalue weighted by Gasteiger charge is -2.33. The van der Waals surface area contributed by atoms with Gasteiger partial charge < -0.3 is 10.6 Å². The van der Waals surface area contributed by atoms with Crippen molar-refractivity contribution >= 4 is 6.21 Å². The van der Waals surface area contributed by atoms with Gasteiger partial charge in [-0.3, -0.25) is 10.4 Å². The number of rotatable bonds is 4. The van der Waals surface area contributed by atoms with Gasteiger partial charge in [0.15, 0.2) is 0 Å². The summed E-state index contributed by atoms with van der Waals surface area (Å²) in [4.78, 5) is 3.79. The third kappa shape index (κ3) is 2.78. The molecule has 1 aliphatic heterocycles. The Labute approximate surface area is 124 Å². The first-order valence-corrected chi connectivity index (χ1v) is 6.43. The summed E-state index contributed by atoms with van der Waals surface area (Å²) in [6.45, 7) is 1.07. The topological polar surface area (TPSA) is 80.3 Å². The Morgan fingerprint density at radius 1 is 1.45 bits per heavy atom. The molecule has 1 unspecified atom stereocenters. The summed E-state index contributed by atoms with van der Waals surface area (Å²) < 4.78 is 52.5. The third-order valence-corrected chi connectivity index (χ3v) is 3.35. The van der Waals surface area contributed by atoms with Gasteiger partial charge in [0.2, 0.25) is 5.79 Å². The monoisotopic (exact) mass is 320 g/mol. The van der Waals surface area contributed by atoms with E-state index in [1.54, 1.807) is 6.92 Å². The van der Waals surface area contributed by atoms with Crippen LogP contribution in [0.5, 0.6) is 0 Å². The number of aromatic nitrogens is 2. The van der Waals surface area contributed by atoms with Gasteiger partial charge in [0.05, 0.1) is 18.3 Å². The predicted octanol–water partition coefficient (Wildman–Crippen LogP) is 0.897. The standard InChI is InChI=1S/C12H16F4N6/c1-7-8(6-20-22(7)4-3-13)12(17)19-5-9(11(14,15)16)10(18-2)21-12/h5-6,18,21H,3-4,17H2,1-2H3. The lowest BCUT2D eigenvalue weighted by Crippen LogP contribution is -2.54. The van der Waals surface area contributed by atoms with Crippen molar-refractivity contribution in [1.29, 1.82) is 0 Å². The van der Waals surface area contributed by atoms with Gasteiger partial charge in [-0.1, -0.05) is 0 Å². The minimum Gasteiger partial charge on any atom is -0.374 e. The molecule has 122 valence electrons. The molecule has 0 saturated heterocycles. The average Bonchev–Trinajstić information content (AvgIpc) is 2.80. The SMILES string of the molecule is CNC1=C(C(F)(F)F)C=NC(N)(c2cnn(CCF)c2C)N1. The Balaban J connectivity index is 2.39. The van der Waals surface area contributed by atoms with Crippen LogP contribution in [0.4, 0.5) is 17.6 Å². The van der Waals surface area contributed by atoms with E-state index in [9.17, 15) is 17.6 Å². The van der Waals surface area contributed by atoms with Crippen LogP contribution in [0.2, 0.25) is 0 Å². The second kappa shape index (κ2) is 5.59. The van der Waals surface area contributed by atoms with E-state index in [1.165, 1.54) is 17.9 Å². The van der Waals surface area contributed by atoms with Gasteiger partial charge in [0, 0.05) is 19.0 Å². The number of hydrogen-bond donors (Lipinski definition) is 3. The van der Waals surface area contributed by atoms with Crippen molar-refractivity contribution in [2.24, 2.45) is 10.7 Å². The number of alkyl halides is 4. The molecule has 0 saturated carbocycles. The van der Waals surface area contributed by atoms with Crippen LogP contribution in [0.25, 0.3) is 0 Å². The Hall–Kier alpha value is -2.10. The summed E-state index contributed by atoms with van der Waals surface area (Å²) in [7, 11) is 1.34. The van der Waals surface area contributed by atoms with E-state index in [0.29, 0.717) is 17.5 Å². The molecule has 2 heterocycles. The van der Waals surface area contributed by atoms with Gasteiger partial charge in [0.25, 0.3) is 0 Å². The molecule has 10 heteroatoms. The number of nitrogens with two attached hydrogens (primary N) is 1. The van der Waals surface area contributed by atoms with Crippen molar-refractivity contribution in [2.75, 3.05) is 13.7 Å². The molecule has 0 fully saturated rings. The fourth-order valence-electron chi connectivity index (χ4n) is 2.20. The zero-order valence-corrected chi connectivity index (χ0v) is 12.0. The number of allylic oxidation sites excluding steroid dienone is 1. The Kier molecular flexibility index (Phi) is 4.14. The summed E-state index contributed by atoms with van der Waals surface area (Å²) in [5, 5.41) is 8.93. The third-order valence-electron chi connectivity index (χ3n) is 3.35. The summed E-state index contributed by atoms with van der Waals surface area (Å²) in [5.41, 5.74) is 6.00. The van der Waals surface area contributed by atoms with Crippen molar-refractivity contribution in [2.45, 2.75) is 25.4 Å². The van der Waals surface area contributed by atoms with Crippen molar-refractivity contribution in [3.8, 4) is 0 Å². The van der Waals surface area contributed by atoms with E-state index in [4.69, 9.17) is 5.73 Å². The van der Waals surface area contributed by atoms with E-state index in [2.05, 4.69) is 20.7 Å². The van der Waals surface area contributed by atoms with Gasteiger partial charge >= 0.3 is 6.18 Å². The second-order valence-electron chi connectivity index (χ2n) is 4.74. The molecule has 0 bridgehead atoms. The average molecular weight is 320 g/mol. The number of aliphatic imine (C=N–C) groups is 1. The molecular weight excluding hydrogens is 304 g/mol. The maximum Gasteiger partial charge on any atom is 0.421 e. The van der Waals surface area contributed by atoms with Crippen LogP contribution in [0.15, 0.2) is 22.6 Å². The quantitative estimate of drug-likeness (QED) is 0.720. The van der Waals surface area contributed by atoms with E-state index in [-0.39, 0.29) is 12.4 Å². The van der Waals surface area contributed by atoms with Gasteiger partial charge in [-0.05, 0) is 6.92 Å². The van der Waals surface area contributed by atoms with E-state index in [1.807, 2.05) is 0 Å². The number of nitrogens with zero attached hydrogens (tertiary/aromatic N) is 3. The highest BCUT2D eigenvalue weighted by Gasteiger charge is 2.42. The molecule has 4 N–H and O–H groups in total. The Bertz CT molecular complexity index is 618. The fourth-order valence-corrected chi connectivity index (χ4v) is 2.20. The maximum atomic E-state index is 12.9. The zero-order chi connectivity index (χ0) is 16.5. The highest BCUT2D eigenvalue weighted by molar-refractivity contribution is 5.82. The van der Waals surface area contributed by atoms with Crippen molar-refractivity contribution in [3.63, 3.8) is 0 Å². The summed E-state index contributed by atoms with van der Waals surface area (Å²) in [5.74, 6) is -1.89. The van der Waals surface area contributed by atoms with Gasteiger partial charge in [-0.15, -0.1) is 0 Å². The molecule has 1 aromatic rings. The molecule has 1 aliphatic rings. The number of aryl methyl sites for hydroxylation is 1. The minimum absolute atomic E-state index is 0.0359. The van der Waals surface area contributed by atoms with Gasteiger partial charge in [-0.2, -0.15) is 18.3 Å². The summed E-state index contributed by atoms with van der Waals surface area (Å²) in [6, 6.07) is 0. The van der Waals surface area contributed by atoms with Crippen molar-refractivity contribution < 1.29 is 17.6 Å². The fraction of sp³-hybridized carbons (Fsp3) is 0.500. The smallest absolute Gasteiger partial charge is 0.374 e. The lowest BCUT2D eigenvalue weighted by atomic mass is 10.1. The molecule has 22 heavy (non-hydrogen) atoms. The Morgan fingerprint density at radius 3 is 2.68 bits per heavy atom. The van der Waals surface area contributed by atoms with Gasteiger partial charge in [0.1, 0.15) is 18.1 Å². The first kappa shape index (κ1) is 16.3. The van der Waals surface area contributed by atoms with E-state index in [0.717, 1.165) is 0 Å². The molecule has 0 aromatic carbocycles. The largest absolute Gasteiger partial charge is 0.421 e. The number of halogens is 4. The van der Waals surface area contributed by atoms with Crippen LogP contribution >= 0.6 is 0 Å². The van der Waals surface area contributed by atoms with E-state index < -0.39 is 24.2 Å². The number of nitrogens with one attached hydrogen (secondary N) is 2. The predicted molar refractivity (Wildman–Crippen MR) is 72.6 cm³/mol. The first-order valence-electron chi connectivity index (χ1n) is 6.43.